The van der Waals surface area contributed by atoms with Crippen molar-refractivity contribution >= 4 is 27.0 Å². The Bertz CT molecular complexity index is 736. The molecule has 2 aromatic heterocycles. The molecule has 4 nitrogen and oxygen atoms in total. The van der Waals surface area contributed by atoms with E-state index in [0.717, 1.165) is 21.3 Å². The lowest BCUT2D eigenvalue weighted by Gasteiger charge is -2.05. The molecule has 0 amide bonds. The topological polar surface area (TPSA) is 50.9 Å². The number of nitrogens with zero attached hydrogens (tertiary/aromatic N) is 3. The Morgan fingerprint density at radius 1 is 1.28 bits per heavy atom. The standard InChI is InChI=1S/C13H10BrN3O/c1-17-11-7-15-5-4-10(11)16-13(17)9-3-2-8(14)6-12(9)18/h2-7,18H,1H3. The summed E-state index contributed by atoms with van der Waals surface area (Å²) in [6.07, 6.45) is 3.47. The molecule has 0 aliphatic rings. The Hall–Kier alpha value is -1.88. The van der Waals surface area contributed by atoms with Gasteiger partial charge < -0.3 is 9.67 Å². The minimum atomic E-state index is 0.204. The number of benzene rings is 1. The second-order valence-corrected chi connectivity index (χ2v) is 4.94. The maximum absolute atomic E-state index is 10.00. The number of hydrogen-bond donors (Lipinski definition) is 1. The van der Waals surface area contributed by atoms with Crippen LogP contribution < -0.4 is 0 Å². The van der Waals surface area contributed by atoms with Gasteiger partial charge in [0.2, 0.25) is 0 Å². The number of aryl methyl sites for hydroxylation is 1. The number of imidazole rings is 1. The average molecular weight is 304 g/mol. The van der Waals surface area contributed by atoms with Crippen LogP contribution in [0.1, 0.15) is 0 Å². The Kier molecular flexibility index (Phi) is 2.56. The van der Waals surface area contributed by atoms with Crippen LogP contribution in [0.4, 0.5) is 0 Å². The van der Waals surface area contributed by atoms with Crippen LogP contribution in [0.3, 0.4) is 0 Å². The van der Waals surface area contributed by atoms with Crippen molar-refractivity contribution in [1.29, 1.82) is 0 Å². The molecule has 0 bridgehead atoms. The molecule has 90 valence electrons. The van der Waals surface area contributed by atoms with Gasteiger partial charge in [0, 0.05) is 17.7 Å². The van der Waals surface area contributed by atoms with Gasteiger partial charge >= 0.3 is 0 Å². The van der Waals surface area contributed by atoms with Crippen LogP contribution in [0.25, 0.3) is 22.4 Å². The molecule has 0 saturated carbocycles. The number of aromatic nitrogens is 3. The van der Waals surface area contributed by atoms with Crippen LogP contribution >= 0.6 is 15.9 Å². The van der Waals surface area contributed by atoms with Gasteiger partial charge in [-0.2, -0.15) is 0 Å². The van der Waals surface area contributed by atoms with Crippen molar-refractivity contribution < 1.29 is 5.11 Å². The number of phenolic OH excluding ortho intramolecular Hbond substituents is 1. The van der Waals surface area contributed by atoms with Crippen LogP contribution in [0.2, 0.25) is 0 Å². The summed E-state index contributed by atoms with van der Waals surface area (Å²) in [5.41, 5.74) is 2.51. The van der Waals surface area contributed by atoms with Gasteiger partial charge in [0.25, 0.3) is 0 Å². The number of rotatable bonds is 1. The van der Waals surface area contributed by atoms with Gasteiger partial charge in [-0.25, -0.2) is 4.98 Å². The Labute approximate surface area is 112 Å². The molecule has 0 radical (unpaired) electrons. The molecule has 5 heteroatoms. The summed E-state index contributed by atoms with van der Waals surface area (Å²) in [4.78, 5) is 8.61. The summed E-state index contributed by atoms with van der Waals surface area (Å²) in [5.74, 6) is 0.929. The number of aromatic hydroxyl groups is 1. The summed E-state index contributed by atoms with van der Waals surface area (Å²) in [6, 6.07) is 7.24. The normalized spacial score (nSPS) is 11.0. The summed E-state index contributed by atoms with van der Waals surface area (Å²) in [5, 5.41) is 10.00. The maximum Gasteiger partial charge on any atom is 0.144 e. The van der Waals surface area contributed by atoms with Crippen LogP contribution in [-0.2, 0) is 7.05 Å². The highest BCUT2D eigenvalue weighted by molar-refractivity contribution is 9.10. The second kappa shape index (κ2) is 4.10. The molecule has 0 fully saturated rings. The predicted molar refractivity (Wildman–Crippen MR) is 73.3 cm³/mol. The van der Waals surface area contributed by atoms with E-state index in [1.807, 2.05) is 29.8 Å². The van der Waals surface area contributed by atoms with Crippen LogP contribution in [0.5, 0.6) is 5.75 Å². The molecule has 0 saturated heterocycles. The van der Waals surface area contributed by atoms with Crippen molar-refractivity contribution in [2.24, 2.45) is 7.05 Å². The first-order valence-electron chi connectivity index (χ1n) is 5.42. The van der Waals surface area contributed by atoms with Gasteiger partial charge in [-0.3, -0.25) is 4.98 Å². The highest BCUT2D eigenvalue weighted by atomic mass is 79.9. The zero-order chi connectivity index (χ0) is 12.7. The van der Waals surface area contributed by atoms with Crippen molar-refractivity contribution in [3.05, 3.63) is 41.1 Å². The van der Waals surface area contributed by atoms with Crippen molar-refractivity contribution in [1.82, 2.24) is 14.5 Å². The van der Waals surface area contributed by atoms with E-state index in [4.69, 9.17) is 0 Å². The van der Waals surface area contributed by atoms with E-state index in [-0.39, 0.29) is 5.75 Å². The first-order chi connectivity index (χ1) is 8.66. The lowest BCUT2D eigenvalue weighted by molar-refractivity contribution is 0.476. The molecule has 1 aromatic carbocycles. The fourth-order valence-electron chi connectivity index (χ4n) is 1.97. The van der Waals surface area contributed by atoms with Gasteiger partial charge in [0.05, 0.1) is 22.8 Å². The third kappa shape index (κ3) is 1.67. The minimum Gasteiger partial charge on any atom is -0.507 e. The van der Waals surface area contributed by atoms with E-state index in [9.17, 15) is 5.11 Å². The zero-order valence-electron chi connectivity index (χ0n) is 9.63. The van der Waals surface area contributed by atoms with Crippen LogP contribution in [-0.4, -0.2) is 19.6 Å². The molecule has 3 aromatic rings. The molecular formula is C13H10BrN3O. The van der Waals surface area contributed by atoms with E-state index in [0.29, 0.717) is 5.56 Å². The van der Waals surface area contributed by atoms with E-state index in [1.165, 1.54) is 0 Å². The summed E-state index contributed by atoms with van der Waals surface area (Å²) < 4.78 is 2.76. The maximum atomic E-state index is 10.00. The molecule has 0 spiro atoms. The fourth-order valence-corrected chi connectivity index (χ4v) is 2.32. The minimum absolute atomic E-state index is 0.204. The third-order valence-electron chi connectivity index (χ3n) is 2.88. The lowest BCUT2D eigenvalue weighted by Crippen LogP contribution is -1.93. The first kappa shape index (κ1) is 11.2. The molecule has 0 aliphatic heterocycles. The zero-order valence-corrected chi connectivity index (χ0v) is 11.2. The smallest absolute Gasteiger partial charge is 0.144 e. The number of hydrogen-bond acceptors (Lipinski definition) is 3. The van der Waals surface area contributed by atoms with Crippen molar-refractivity contribution in [2.75, 3.05) is 0 Å². The number of fused-ring (bicyclic) bond motifs is 1. The Morgan fingerprint density at radius 3 is 2.83 bits per heavy atom. The Balaban J connectivity index is 2.28. The van der Waals surface area contributed by atoms with Crippen LogP contribution in [0.15, 0.2) is 41.1 Å². The van der Waals surface area contributed by atoms with E-state index in [2.05, 4.69) is 25.9 Å². The van der Waals surface area contributed by atoms with Gasteiger partial charge in [0.15, 0.2) is 0 Å². The second-order valence-electron chi connectivity index (χ2n) is 4.02. The average Bonchev–Trinajstić information content (AvgIpc) is 2.68. The van der Waals surface area contributed by atoms with E-state index < -0.39 is 0 Å². The summed E-state index contributed by atoms with van der Waals surface area (Å²) >= 11 is 3.32. The molecule has 18 heavy (non-hydrogen) atoms. The van der Waals surface area contributed by atoms with Crippen molar-refractivity contribution in [3.8, 4) is 17.1 Å². The number of pyridine rings is 1. The van der Waals surface area contributed by atoms with Gasteiger partial charge in [-0.1, -0.05) is 15.9 Å². The van der Waals surface area contributed by atoms with E-state index in [1.54, 1.807) is 18.5 Å². The molecule has 0 atom stereocenters. The molecular weight excluding hydrogens is 294 g/mol. The van der Waals surface area contributed by atoms with Gasteiger partial charge in [0.1, 0.15) is 11.6 Å². The number of phenols is 1. The SMILES string of the molecule is Cn1c(-c2ccc(Br)cc2O)nc2ccncc21. The molecule has 2 heterocycles. The molecule has 0 aliphatic carbocycles. The highest BCUT2D eigenvalue weighted by Crippen LogP contribution is 2.32. The third-order valence-corrected chi connectivity index (χ3v) is 3.38. The largest absolute Gasteiger partial charge is 0.507 e. The molecule has 3 rings (SSSR count). The van der Waals surface area contributed by atoms with Crippen molar-refractivity contribution in [3.63, 3.8) is 0 Å². The predicted octanol–water partition coefficient (Wildman–Crippen LogP) is 3.10. The first-order valence-corrected chi connectivity index (χ1v) is 6.21. The van der Waals surface area contributed by atoms with Crippen LogP contribution in [0, 0.1) is 0 Å². The molecule has 0 unspecified atom stereocenters. The molecule has 1 N–H and O–H groups in total. The summed E-state index contributed by atoms with van der Waals surface area (Å²) in [7, 11) is 1.91. The van der Waals surface area contributed by atoms with Gasteiger partial charge in [-0.05, 0) is 24.3 Å². The van der Waals surface area contributed by atoms with E-state index >= 15 is 0 Å². The summed E-state index contributed by atoms with van der Waals surface area (Å²) in [6.45, 7) is 0. The highest BCUT2D eigenvalue weighted by Gasteiger charge is 2.13. The van der Waals surface area contributed by atoms with Gasteiger partial charge in [-0.15, -0.1) is 0 Å². The van der Waals surface area contributed by atoms with Crippen molar-refractivity contribution in [2.45, 2.75) is 0 Å². The lowest BCUT2D eigenvalue weighted by atomic mass is 10.2. The monoisotopic (exact) mass is 303 g/mol. The Morgan fingerprint density at radius 2 is 2.11 bits per heavy atom. The fraction of sp³-hybridized carbons (Fsp3) is 0.0769. The number of halogens is 1. The quantitative estimate of drug-likeness (QED) is 0.751.